The summed E-state index contributed by atoms with van der Waals surface area (Å²) in [5.41, 5.74) is -0.582. The first-order valence-corrected chi connectivity index (χ1v) is 9.39. The third kappa shape index (κ3) is 3.50. The summed E-state index contributed by atoms with van der Waals surface area (Å²) < 4.78 is 65.1. The van der Waals surface area contributed by atoms with Crippen LogP contribution in [0.2, 0.25) is 0 Å². The van der Waals surface area contributed by atoms with E-state index in [1.54, 1.807) is 0 Å². The van der Waals surface area contributed by atoms with Gasteiger partial charge in [0.05, 0.1) is 7.11 Å². The van der Waals surface area contributed by atoms with Crippen molar-refractivity contribution >= 4 is 26.6 Å². The third-order valence-corrected chi connectivity index (χ3v) is 5.24. The molecule has 9 nitrogen and oxygen atoms in total. The molecule has 0 radical (unpaired) electrons. The number of ether oxygens (including phenoxy) is 2. The van der Waals surface area contributed by atoms with E-state index in [-0.39, 0.29) is 27.4 Å². The summed E-state index contributed by atoms with van der Waals surface area (Å²) in [5.74, 6) is -1.79. The molecule has 0 aliphatic carbocycles. The van der Waals surface area contributed by atoms with Crippen LogP contribution in [0.5, 0.6) is 11.8 Å². The third-order valence-electron chi connectivity index (χ3n) is 3.83. The van der Waals surface area contributed by atoms with Crippen molar-refractivity contribution in [1.29, 1.82) is 0 Å². The normalized spacial score (nSPS) is 11.6. The number of halogens is 2. The van der Waals surface area contributed by atoms with Crippen LogP contribution in [0.3, 0.4) is 0 Å². The number of alkyl halides is 1. The summed E-state index contributed by atoms with van der Waals surface area (Å²) in [6.07, 6.45) is 2.58. The van der Waals surface area contributed by atoms with Gasteiger partial charge in [-0.25, -0.2) is 17.2 Å². The number of rotatable bonds is 7. The van der Waals surface area contributed by atoms with Gasteiger partial charge in [0.2, 0.25) is 5.88 Å². The van der Waals surface area contributed by atoms with Crippen molar-refractivity contribution in [3.63, 3.8) is 0 Å². The summed E-state index contributed by atoms with van der Waals surface area (Å²) in [5, 5.41) is 0.172. The second-order valence-electron chi connectivity index (χ2n) is 5.65. The van der Waals surface area contributed by atoms with Gasteiger partial charge in [0, 0.05) is 30.9 Å². The van der Waals surface area contributed by atoms with Gasteiger partial charge in [-0.15, -0.1) is 0 Å². The standard InChI is InChI=1S/C16H16F2N4O5S/c1-22-5-3-9-12(8-19-13(9)16(22)23)28(24,25)21-11-7-10(18)14(27-6-4-17)20-15(11)26-2/h3,5,7-8,19,21H,4,6H2,1-2H3. The van der Waals surface area contributed by atoms with Crippen molar-refractivity contribution in [2.24, 2.45) is 7.05 Å². The molecule has 0 amide bonds. The van der Waals surface area contributed by atoms with E-state index >= 15 is 0 Å². The van der Waals surface area contributed by atoms with Crippen molar-refractivity contribution in [1.82, 2.24) is 14.5 Å². The first kappa shape index (κ1) is 19.6. The molecule has 0 saturated carbocycles. The molecule has 0 atom stereocenters. The Morgan fingerprint density at radius 3 is 2.79 bits per heavy atom. The van der Waals surface area contributed by atoms with E-state index in [0.29, 0.717) is 0 Å². The molecule has 0 aliphatic heterocycles. The van der Waals surface area contributed by atoms with Gasteiger partial charge in [-0.3, -0.25) is 9.52 Å². The monoisotopic (exact) mass is 414 g/mol. The number of anilines is 1. The van der Waals surface area contributed by atoms with E-state index in [4.69, 9.17) is 9.47 Å². The number of aromatic nitrogens is 3. The summed E-state index contributed by atoms with van der Waals surface area (Å²) in [4.78, 5) is 18.2. The van der Waals surface area contributed by atoms with E-state index in [2.05, 4.69) is 14.7 Å². The fourth-order valence-electron chi connectivity index (χ4n) is 2.53. The van der Waals surface area contributed by atoms with Crippen LogP contribution in [0.15, 0.2) is 34.2 Å². The maximum absolute atomic E-state index is 14.1. The number of nitrogens with one attached hydrogen (secondary N) is 2. The summed E-state index contributed by atoms with van der Waals surface area (Å²) in [6, 6.07) is 2.27. The SMILES string of the molecule is COc1nc(OCCF)c(F)cc1NS(=O)(=O)c1c[nH]c2c(=O)n(C)ccc12. The molecule has 0 fully saturated rings. The van der Waals surface area contributed by atoms with E-state index in [1.807, 2.05) is 0 Å². The highest BCUT2D eigenvalue weighted by molar-refractivity contribution is 7.93. The van der Waals surface area contributed by atoms with Gasteiger partial charge < -0.3 is 19.0 Å². The Kier molecular flexibility index (Phi) is 5.23. The number of nitrogens with zero attached hydrogens (tertiary/aromatic N) is 2. The lowest BCUT2D eigenvalue weighted by Crippen LogP contribution is -2.17. The highest BCUT2D eigenvalue weighted by atomic mass is 32.2. The van der Waals surface area contributed by atoms with Crippen molar-refractivity contribution in [2.45, 2.75) is 4.90 Å². The number of aryl methyl sites for hydroxylation is 1. The highest BCUT2D eigenvalue weighted by Crippen LogP contribution is 2.31. The summed E-state index contributed by atoms with van der Waals surface area (Å²) >= 11 is 0. The second kappa shape index (κ2) is 7.46. The van der Waals surface area contributed by atoms with Gasteiger partial charge >= 0.3 is 0 Å². The maximum atomic E-state index is 14.1. The minimum Gasteiger partial charge on any atom is -0.479 e. The lowest BCUT2D eigenvalue weighted by atomic mass is 10.3. The molecule has 12 heteroatoms. The smallest absolute Gasteiger partial charge is 0.274 e. The van der Waals surface area contributed by atoms with E-state index < -0.39 is 40.6 Å². The number of fused-ring (bicyclic) bond motifs is 1. The van der Waals surface area contributed by atoms with Gasteiger partial charge in [0.15, 0.2) is 5.82 Å². The zero-order chi connectivity index (χ0) is 20.5. The minimum atomic E-state index is -4.22. The average molecular weight is 414 g/mol. The summed E-state index contributed by atoms with van der Waals surface area (Å²) in [7, 11) is -1.49. The molecule has 150 valence electrons. The number of hydrogen-bond acceptors (Lipinski definition) is 6. The van der Waals surface area contributed by atoms with Crippen LogP contribution in [0.4, 0.5) is 14.5 Å². The topological polar surface area (TPSA) is 115 Å². The predicted molar refractivity (Wildman–Crippen MR) is 96.6 cm³/mol. The molecular weight excluding hydrogens is 398 g/mol. The van der Waals surface area contributed by atoms with Crippen LogP contribution < -0.4 is 19.8 Å². The number of aromatic amines is 1. The Hall–Kier alpha value is -3.15. The molecule has 0 unspecified atom stereocenters. The molecule has 0 bridgehead atoms. The average Bonchev–Trinajstić information content (AvgIpc) is 3.09. The molecule has 3 aromatic rings. The van der Waals surface area contributed by atoms with Crippen LogP contribution in [-0.4, -0.2) is 43.3 Å². The lowest BCUT2D eigenvalue weighted by Gasteiger charge is -2.13. The number of methoxy groups -OCH3 is 1. The molecule has 0 aliphatic rings. The zero-order valence-corrected chi connectivity index (χ0v) is 15.6. The number of hydrogen-bond donors (Lipinski definition) is 2. The molecule has 0 saturated heterocycles. The first-order valence-electron chi connectivity index (χ1n) is 7.91. The van der Waals surface area contributed by atoms with E-state index in [1.165, 1.54) is 31.0 Å². The van der Waals surface area contributed by atoms with Gasteiger partial charge in [0.1, 0.15) is 29.4 Å². The van der Waals surface area contributed by atoms with Crippen LogP contribution in [0.1, 0.15) is 0 Å². The molecule has 28 heavy (non-hydrogen) atoms. The molecule has 3 heterocycles. The fraction of sp³-hybridized carbons (Fsp3) is 0.250. The maximum Gasteiger partial charge on any atom is 0.274 e. The van der Waals surface area contributed by atoms with Gasteiger partial charge in [-0.1, -0.05) is 0 Å². The van der Waals surface area contributed by atoms with E-state index in [9.17, 15) is 22.0 Å². The van der Waals surface area contributed by atoms with Gasteiger partial charge in [0.25, 0.3) is 21.5 Å². The van der Waals surface area contributed by atoms with Gasteiger partial charge in [-0.05, 0) is 6.07 Å². The Balaban J connectivity index is 2.02. The zero-order valence-electron chi connectivity index (χ0n) is 14.8. The van der Waals surface area contributed by atoms with Crippen molar-refractivity contribution in [3.05, 3.63) is 40.7 Å². The van der Waals surface area contributed by atoms with E-state index in [0.717, 1.165) is 12.3 Å². The minimum absolute atomic E-state index is 0.108. The molecule has 3 aromatic heterocycles. The van der Waals surface area contributed by atoms with Crippen molar-refractivity contribution < 1.29 is 26.7 Å². The van der Waals surface area contributed by atoms with Crippen LogP contribution >= 0.6 is 0 Å². The van der Waals surface area contributed by atoms with Crippen LogP contribution in [0, 0.1) is 5.82 Å². The lowest BCUT2D eigenvalue weighted by molar-refractivity contribution is 0.249. The first-order chi connectivity index (χ1) is 13.3. The Morgan fingerprint density at radius 1 is 1.36 bits per heavy atom. The quantitative estimate of drug-likeness (QED) is 0.606. The summed E-state index contributed by atoms with van der Waals surface area (Å²) in [6.45, 7) is -1.26. The molecule has 0 spiro atoms. The van der Waals surface area contributed by atoms with Crippen LogP contribution in [-0.2, 0) is 17.1 Å². The highest BCUT2D eigenvalue weighted by Gasteiger charge is 2.24. The molecule has 0 aromatic carbocycles. The van der Waals surface area contributed by atoms with Crippen molar-refractivity contribution in [2.75, 3.05) is 25.1 Å². The Bertz CT molecular complexity index is 1190. The number of H-pyrrole nitrogens is 1. The Morgan fingerprint density at radius 2 is 2.11 bits per heavy atom. The second-order valence-corrected chi connectivity index (χ2v) is 7.30. The Labute approximate surface area is 158 Å². The largest absolute Gasteiger partial charge is 0.479 e. The number of pyridine rings is 2. The van der Waals surface area contributed by atoms with Crippen molar-refractivity contribution in [3.8, 4) is 11.8 Å². The number of sulfonamides is 1. The van der Waals surface area contributed by atoms with Gasteiger partial charge in [-0.2, -0.15) is 4.98 Å². The predicted octanol–water partition coefficient (Wildman–Crippen LogP) is 1.56. The molecule has 3 rings (SSSR count). The fourth-order valence-corrected chi connectivity index (χ4v) is 3.75. The molecule has 2 N–H and O–H groups in total. The molecular formula is C16H16F2N4O5S. The van der Waals surface area contributed by atoms with Crippen LogP contribution in [0.25, 0.3) is 10.9 Å².